The van der Waals surface area contributed by atoms with E-state index in [9.17, 15) is 0 Å². The van der Waals surface area contributed by atoms with Crippen LogP contribution in [0.15, 0.2) is 18.2 Å². The van der Waals surface area contributed by atoms with Gasteiger partial charge in [0.15, 0.2) is 0 Å². The molecule has 0 radical (unpaired) electrons. The van der Waals surface area contributed by atoms with E-state index in [-0.39, 0.29) is 0 Å². The molecule has 1 rings (SSSR count). The number of benzene rings is 1. The van der Waals surface area contributed by atoms with Crippen molar-refractivity contribution in [2.45, 2.75) is 13.8 Å². The lowest BCUT2D eigenvalue weighted by atomic mass is 10.3. The summed E-state index contributed by atoms with van der Waals surface area (Å²) in [5, 5.41) is 0. The Morgan fingerprint density at radius 2 is 1.60 bits per heavy atom. The summed E-state index contributed by atoms with van der Waals surface area (Å²) in [7, 11) is 1.56. The molecule has 1 aromatic rings. The molecule has 0 aliphatic carbocycles. The molecule has 0 fully saturated rings. The Kier molecular flexibility index (Phi) is 12.1. The zero-order valence-electron chi connectivity index (χ0n) is 10.2. The average Bonchev–Trinajstić information content (AvgIpc) is 2.26. The van der Waals surface area contributed by atoms with Gasteiger partial charge in [-0.1, -0.05) is 13.8 Å². The lowest BCUT2D eigenvalue weighted by molar-refractivity contribution is 0.417. The number of hydrogen-bond donors (Lipinski definition) is 2. The maximum absolute atomic E-state index is 5.52. The van der Waals surface area contributed by atoms with E-state index in [0.29, 0.717) is 17.1 Å². The third-order valence-electron chi connectivity index (χ3n) is 1.26. The van der Waals surface area contributed by atoms with Crippen LogP contribution < -0.4 is 16.2 Å². The first kappa shape index (κ1) is 16.4. The Morgan fingerprint density at radius 3 is 1.93 bits per heavy atom. The van der Waals surface area contributed by atoms with Gasteiger partial charge in [-0.15, -0.1) is 0 Å². The van der Waals surface area contributed by atoms with Gasteiger partial charge in [-0.2, -0.15) is 11.8 Å². The molecule has 88 valence electrons. The zero-order valence-corrected chi connectivity index (χ0v) is 11.0. The second-order valence-electron chi connectivity index (χ2n) is 2.41. The molecule has 0 saturated heterocycles. The standard InChI is InChI=1S/C7H10N2O.C2H6S.C2H6/c1-10-7-4-5(8)2-3-6(7)9;1-3-2;1-2/h2-4H,8-9H2,1H3;1-2H3;1-2H3. The van der Waals surface area contributed by atoms with Gasteiger partial charge >= 0.3 is 0 Å². The van der Waals surface area contributed by atoms with Crippen LogP contribution in [0.4, 0.5) is 11.4 Å². The maximum atomic E-state index is 5.52. The number of thioether (sulfide) groups is 1. The SMILES string of the molecule is CC.COc1cc(N)ccc1N.CSC. The molecule has 1 aromatic carbocycles. The Hall–Kier alpha value is -1.03. The van der Waals surface area contributed by atoms with Gasteiger partial charge in [-0.05, 0) is 24.6 Å². The highest BCUT2D eigenvalue weighted by atomic mass is 32.2. The smallest absolute Gasteiger partial charge is 0.143 e. The fourth-order valence-corrected chi connectivity index (χ4v) is 0.728. The van der Waals surface area contributed by atoms with Crippen molar-refractivity contribution in [1.82, 2.24) is 0 Å². The van der Waals surface area contributed by atoms with Crippen molar-refractivity contribution >= 4 is 23.1 Å². The van der Waals surface area contributed by atoms with E-state index in [1.807, 2.05) is 26.4 Å². The van der Waals surface area contributed by atoms with E-state index in [1.54, 1.807) is 37.1 Å². The summed E-state index contributed by atoms with van der Waals surface area (Å²) in [6.45, 7) is 4.00. The lowest BCUT2D eigenvalue weighted by Crippen LogP contribution is -1.93. The highest BCUT2D eigenvalue weighted by Crippen LogP contribution is 2.22. The summed E-state index contributed by atoms with van der Waals surface area (Å²) in [4.78, 5) is 0. The predicted molar refractivity (Wildman–Crippen MR) is 72.6 cm³/mol. The van der Waals surface area contributed by atoms with Crippen LogP contribution >= 0.6 is 11.8 Å². The van der Waals surface area contributed by atoms with Gasteiger partial charge in [0, 0.05) is 11.8 Å². The molecule has 0 saturated carbocycles. The van der Waals surface area contributed by atoms with E-state index in [2.05, 4.69) is 0 Å². The molecule has 0 aromatic heterocycles. The predicted octanol–water partition coefficient (Wildman–Crippen LogP) is 2.87. The van der Waals surface area contributed by atoms with E-state index in [4.69, 9.17) is 16.2 Å². The average molecular weight is 230 g/mol. The lowest BCUT2D eigenvalue weighted by Gasteiger charge is -2.03. The summed E-state index contributed by atoms with van der Waals surface area (Å²) >= 11 is 1.75. The monoisotopic (exact) mass is 230 g/mol. The van der Waals surface area contributed by atoms with Crippen LogP contribution in [0.1, 0.15) is 13.8 Å². The van der Waals surface area contributed by atoms with Crippen molar-refractivity contribution in [2.75, 3.05) is 31.1 Å². The van der Waals surface area contributed by atoms with E-state index in [1.165, 1.54) is 0 Å². The Balaban J connectivity index is 0. The minimum atomic E-state index is 0.608. The second-order valence-corrected chi connectivity index (χ2v) is 3.23. The molecule has 4 N–H and O–H groups in total. The quantitative estimate of drug-likeness (QED) is 0.728. The van der Waals surface area contributed by atoms with E-state index >= 15 is 0 Å². The van der Waals surface area contributed by atoms with Crippen LogP contribution in [0.5, 0.6) is 5.75 Å². The van der Waals surface area contributed by atoms with Crippen LogP contribution in [-0.2, 0) is 0 Å². The van der Waals surface area contributed by atoms with Crippen molar-refractivity contribution < 1.29 is 4.74 Å². The van der Waals surface area contributed by atoms with E-state index < -0.39 is 0 Å². The van der Waals surface area contributed by atoms with E-state index in [0.717, 1.165) is 0 Å². The van der Waals surface area contributed by atoms with Crippen LogP contribution in [0.3, 0.4) is 0 Å². The van der Waals surface area contributed by atoms with Crippen LogP contribution in [0.2, 0.25) is 0 Å². The van der Waals surface area contributed by atoms with Crippen molar-refractivity contribution in [3.05, 3.63) is 18.2 Å². The van der Waals surface area contributed by atoms with Crippen LogP contribution in [-0.4, -0.2) is 19.6 Å². The third kappa shape index (κ3) is 8.00. The maximum Gasteiger partial charge on any atom is 0.143 e. The largest absolute Gasteiger partial charge is 0.495 e. The number of hydrogen-bond acceptors (Lipinski definition) is 4. The number of ether oxygens (including phenoxy) is 1. The number of rotatable bonds is 1. The minimum Gasteiger partial charge on any atom is -0.495 e. The van der Waals surface area contributed by atoms with Gasteiger partial charge in [-0.3, -0.25) is 0 Å². The Morgan fingerprint density at radius 1 is 1.13 bits per heavy atom. The second kappa shape index (κ2) is 11.0. The van der Waals surface area contributed by atoms with Crippen LogP contribution in [0.25, 0.3) is 0 Å². The van der Waals surface area contributed by atoms with Crippen molar-refractivity contribution in [2.24, 2.45) is 0 Å². The Bertz CT molecular complexity index is 254. The molecular formula is C11H22N2OS. The molecule has 0 heterocycles. The number of nitrogen functional groups attached to an aromatic ring is 2. The fourth-order valence-electron chi connectivity index (χ4n) is 0.728. The van der Waals surface area contributed by atoms with Crippen molar-refractivity contribution in [3.63, 3.8) is 0 Å². The van der Waals surface area contributed by atoms with Gasteiger partial charge < -0.3 is 16.2 Å². The fraction of sp³-hybridized carbons (Fsp3) is 0.455. The highest BCUT2D eigenvalue weighted by molar-refractivity contribution is 7.97. The summed E-state index contributed by atoms with van der Waals surface area (Å²) in [6, 6.07) is 5.14. The molecule has 0 aliphatic rings. The van der Waals surface area contributed by atoms with Crippen molar-refractivity contribution in [1.29, 1.82) is 0 Å². The number of nitrogens with two attached hydrogens (primary N) is 2. The molecule has 0 atom stereocenters. The minimum absolute atomic E-state index is 0.608. The summed E-state index contributed by atoms with van der Waals surface area (Å²) in [5.41, 5.74) is 12.3. The molecule has 0 aliphatic heterocycles. The first-order chi connectivity index (χ1) is 7.15. The molecule has 0 unspecified atom stereocenters. The topological polar surface area (TPSA) is 61.3 Å². The molecule has 0 bridgehead atoms. The Labute approximate surface area is 97.2 Å². The van der Waals surface area contributed by atoms with Gasteiger partial charge in [0.1, 0.15) is 5.75 Å². The molecule has 0 spiro atoms. The van der Waals surface area contributed by atoms with Gasteiger partial charge in [0.25, 0.3) is 0 Å². The zero-order chi connectivity index (χ0) is 12.3. The number of methoxy groups -OCH3 is 1. The first-order valence-corrected chi connectivity index (χ1v) is 6.38. The molecule has 0 amide bonds. The highest BCUT2D eigenvalue weighted by Gasteiger charge is 1.96. The molecule has 4 heteroatoms. The summed E-state index contributed by atoms with van der Waals surface area (Å²) in [5.74, 6) is 0.625. The van der Waals surface area contributed by atoms with Gasteiger partial charge in [0.2, 0.25) is 0 Å². The molecule has 3 nitrogen and oxygen atoms in total. The third-order valence-corrected chi connectivity index (χ3v) is 1.26. The summed E-state index contributed by atoms with van der Waals surface area (Å²) in [6.07, 6.45) is 4.08. The van der Waals surface area contributed by atoms with Gasteiger partial charge in [0.05, 0.1) is 12.8 Å². The van der Waals surface area contributed by atoms with Gasteiger partial charge in [-0.25, -0.2) is 0 Å². The molecule has 15 heavy (non-hydrogen) atoms. The first-order valence-electron chi connectivity index (χ1n) is 4.74. The van der Waals surface area contributed by atoms with Crippen LogP contribution in [0, 0.1) is 0 Å². The molecular weight excluding hydrogens is 208 g/mol. The summed E-state index contributed by atoms with van der Waals surface area (Å²) < 4.78 is 4.92. The number of anilines is 2. The van der Waals surface area contributed by atoms with Crippen molar-refractivity contribution in [3.8, 4) is 5.75 Å². The normalized spacial score (nSPS) is 7.80.